The number of hydrogen-bond acceptors (Lipinski definition) is 3. The normalized spacial score (nSPS) is 18.8. The topological polar surface area (TPSA) is 41.6 Å². The molecule has 1 heterocycles. The first-order valence-electron chi connectivity index (χ1n) is 7.12. The van der Waals surface area contributed by atoms with Crippen LogP contribution in [0, 0.1) is 0 Å². The van der Waals surface area contributed by atoms with Crippen molar-refractivity contribution in [3.05, 3.63) is 27.7 Å². The molecule has 1 aliphatic rings. The summed E-state index contributed by atoms with van der Waals surface area (Å²) < 4.78 is 5.20. The number of hydrogen-bond donors (Lipinski definition) is 1. The highest BCUT2D eigenvalue weighted by Crippen LogP contribution is 2.34. The fraction of sp³-hybridized carbons (Fsp3) is 0.533. The van der Waals surface area contributed by atoms with Crippen LogP contribution in [0.1, 0.15) is 30.1 Å². The molecule has 0 spiro atoms. The predicted octanol–water partition coefficient (Wildman–Crippen LogP) is 3.22. The Kier molecular flexibility index (Phi) is 5.73. The van der Waals surface area contributed by atoms with Gasteiger partial charge in [0.15, 0.2) is 5.75 Å². The highest BCUT2D eigenvalue weighted by molar-refractivity contribution is 6.43. The smallest absolute Gasteiger partial charge is 0.255 e. The second-order valence-electron chi connectivity index (χ2n) is 5.08. The van der Waals surface area contributed by atoms with E-state index in [-0.39, 0.29) is 10.9 Å². The van der Waals surface area contributed by atoms with Crippen molar-refractivity contribution in [2.75, 3.05) is 26.7 Å². The van der Waals surface area contributed by atoms with Crippen molar-refractivity contribution in [1.82, 2.24) is 10.2 Å². The first-order chi connectivity index (χ1) is 10.1. The Morgan fingerprint density at radius 2 is 2.24 bits per heavy atom. The van der Waals surface area contributed by atoms with Gasteiger partial charge in [0, 0.05) is 12.6 Å². The largest absolute Gasteiger partial charge is 0.494 e. The third kappa shape index (κ3) is 3.62. The molecule has 1 unspecified atom stereocenters. The van der Waals surface area contributed by atoms with Crippen molar-refractivity contribution in [1.29, 1.82) is 0 Å². The maximum absolute atomic E-state index is 12.3. The van der Waals surface area contributed by atoms with Crippen LogP contribution in [-0.2, 0) is 0 Å². The van der Waals surface area contributed by atoms with Crippen molar-refractivity contribution in [3.8, 4) is 5.75 Å². The molecule has 2 rings (SSSR count). The zero-order valence-corrected chi connectivity index (χ0v) is 13.8. The SMILES string of the molecule is CCN1CCCC1CNC(=O)c1ccc(Cl)c(Cl)c1OC. The van der Waals surface area contributed by atoms with Crippen LogP contribution in [-0.4, -0.2) is 43.6 Å². The van der Waals surface area contributed by atoms with Crippen LogP contribution in [0.3, 0.4) is 0 Å². The van der Waals surface area contributed by atoms with Crippen LogP contribution in [0.25, 0.3) is 0 Å². The van der Waals surface area contributed by atoms with Crippen molar-refractivity contribution >= 4 is 29.1 Å². The number of likely N-dealkylation sites (N-methyl/N-ethyl adjacent to an activating group) is 1. The van der Waals surface area contributed by atoms with Crippen LogP contribution in [0.15, 0.2) is 12.1 Å². The van der Waals surface area contributed by atoms with Crippen molar-refractivity contribution in [2.45, 2.75) is 25.8 Å². The van der Waals surface area contributed by atoms with Crippen LogP contribution in [0.2, 0.25) is 10.0 Å². The Morgan fingerprint density at radius 3 is 2.90 bits per heavy atom. The molecule has 4 nitrogen and oxygen atoms in total. The van der Waals surface area contributed by atoms with Gasteiger partial charge in [-0.3, -0.25) is 9.69 Å². The fourth-order valence-corrected chi connectivity index (χ4v) is 3.15. The van der Waals surface area contributed by atoms with Gasteiger partial charge in [0.05, 0.1) is 17.7 Å². The predicted molar refractivity (Wildman–Crippen MR) is 85.6 cm³/mol. The van der Waals surface area contributed by atoms with Gasteiger partial charge < -0.3 is 10.1 Å². The number of amides is 1. The number of nitrogens with one attached hydrogen (secondary N) is 1. The van der Waals surface area contributed by atoms with E-state index in [0.717, 1.165) is 19.5 Å². The van der Waals surface area contributed by atoms with Gasteiger partial charge in [0.2, 0.25) is 0 Å². The molecule has 0 bridgehead atoms. The monoisotopic (exact) mass is 330 g/mol. The van der Waals surface area contributed by atoms with E-state index in [4.69, 9.17) is 27.9 Å². The number of nitrogens with zero attached hydrogens (tertiary/aromatic N) is 1. The van der Waals surface area contributed by atoms with Crippen LogP contribution < -0.4 is 10.1 Å². The summed E-state index contributed by atoms with van der Waals surface area (Å²) in [6.07, 6.45) is 2.30. The van der Waals surface area contributed by atoms with Gasteiger partial charge in [-0.1, -0.05) is 30.1 Å². The van der Waals surface area contributed by atoms with E-state index in [0.29, 0.717) is 28.9 Å². The van der Waals surface area contributed by atoms with E-state index in [9.17, 15) is 4.79 Å². The van der Waals surface area contributed by atoms with Crippen molar-refractivity contribution in [3.63, 3.8) is 0 Å². The van der Waals surface area contributed by atoms with Crippen molar-refractivity contribution < 1.29 is 9.53 Å². The van der Waals surface area contributed by atoms with Crippen LogP contribution >= 0.6 is 23.2 Å². The maximum Gasteiger partial charge on any atom is 0.255 e. The van der Waals surface area contributed by atoms with Gasteiger partial charge in [0.1, 0.15) is 5.02 Å². The van der Waals surface area contributed by atoms with E-state index in [1.807, 2.05) is 0 Å². The Labute approximate surface area is 135 Å². The average Bonchev–Trinajstić information content (AvgIpc) is 2.94. The number of likely N-dealkylation sites (tertiary alicyclic amines) is 1. The highest BCUT2D eigenvalue weighted by Gasteiger charge is 2.24. The number of ether oxygens (including phenoxy) is 1. The summed E-state index contributed by atoms with van der Waals surface area (Å²) >= 11 is 12.0. The summed E-state index contributed by atoms with van der Waals surface area (Å²) in [6.45, 7) is 4.89. The number of halogens is 2. The maximum atomic E-state index is 12.3. The summed E-state index contributed by atoms with van der Waals surface area (Å²) in [7, 11) is 1.48. The van der Waals surface area contributed by atoms with Gasteiger partial charge in [-0.15, -0.1) is 0 Å². The van der Waals surface area contributed by atoms with Gasteiger partial charge in [-0.2, -0.15) is 0 Å². The summed E-state index contributed by atoms with van der Waals surface area (Å²) in [5, 5.41) is 3.60. The van der Waals surface area contributed by atoms with E-state index in [2.05, 4.69) is 17.1 Å². The molecule has 116 valence electrons. The molecule has 1 fully saturated rings. The minimum atomic E-state index is -0.187. The minimum absolute atomic E-state index is 0.187. The Balaban J connectivity index is 2.05. The molecule has 0 aliphatic carbocycles. The number of carbonyl (C=O) groups excluding carboxylic acids is 1. The summed E-state index contributed by atoms with van der Waals surface area (Å²) in [5.74, 6) is 0.133. The Hall–Kier alpha value is -0.970. The second kappa shape index (κ2) is 7.34. The molecular formula is C15H20Cl2N2O2. The number of benzene rings is 1. The molecule has 1 atom stereocenters. The van der Waals surface area contributed by atoms with E-state index < -0.39 is 0 Å². The molecule has 1 aromatic carbocycles. The Morgan fingerprint density at radius 1 is 1.48 bits per heavy atom. The third-order valence-electron chi connectivity index (χ3n) is 3.90. The number of rotatable bonds is 5. The number of methoxy groups -OCH3 is 1. The lowest BCUT2D eigenvalue weighted by atomic mass is 10.1. The van der Waals surface area contributed by atoms with Gasteiger partial charge >= 0.3 is 0 Å². The molecule has 6 heteroatoms. The van der Waals surface area contributed by atoms with E-state index in [1.54, 1.807) is 12.1 Å². The molecular weight excluding hydrogens is 311 g/mol. The lowest BCUT2D eigenvalue weighted by Gasteiger charge is -2.23. The third-order valence-corrected chi connectivity index (χ3v) is 4.69. The standard InChI is InChI=1S/C15H20Cl2N2O2/c1-3-19-8-4-5-10(19)9-18-15(20)11-6-7-12(16)13(17)14(11)21-2/h6-7,10H,3-5,8-9H2,1-2H3,(H,18,20). The summed E-state index contributed by atoms with van der Waals surface area (Å²) in [5.41, 5.74) is 0.410. The molecule has 1 N–H and O–H groups in total. The Bertz CT molecular complexity index is 523. The summed E-state index contributed by atoms with van der Waals surface area (Å²) in [4.78, 5) is 14.7. The van der Waals surface area contributed by atoms with Crippen LogP contribution in [0.4, 0.5) is 0 Å². The zero-order chi connectivity index (χ0) is 15.4. The molecule has 0 saturated carbocycles. The van der Waals surface area contributed by atoms with Crippen LogP contribution in [0.5, 0.6) is 5.75 Å². The minimum Gasteiger partial charge on any atom is -0.494 e. The molecule has 0 radical (unpaired) electrons. The molecule has 0 aromatic heterocycles. The first-order valence-corrected chi connectivity index (χ1v) is 7.88. The summed E-state index contributed by atoms with van der Waals surface area (Å²) in [6, 6.07) is 3.65. The fourth-order valence-electron chi connectivity index (χ4n) is 2.76. The zero-order valence-electron chi connectivity index (χ0n) is 12.3. The molecule has 1 aromatic rings. The molecule has 1 saturated heterocycles. The van der Waals surface area contributed by atoms with Gasteiger partial charge in [-0.25, -0.2) is 0 Å². The molecule has 21 heavy (non-hydrogen) atoms. The lowest BCUT2D eigenvalue weighted by Crippen LogP contribution is -2.40. The quantitative estimate of drug-likeness (QED) is 0.901. The molecule has 1 amide bonds. The average molecular weight is 331 g/mol. The van der Waals surface area contributed by atoms with E-state index in [1.165, 1.54) is 13.5 Å². The number of carbonyl (C=O) groups is 1. The van der Waals surface area contributed by atoms with Gasteiger partial charge in [-0.05, 0) is 38.1 Å². The lowest BCUT2D eigenvalue weighted by molar-refractivity contribution is 0.0938. The van der Waals surface area contributed by atoms with E-state index >= 15 is 0 Å². The second-order valence-corrected chi connectivity index (χ2v) is 5.86. The van der Waals surface area contributed by atoms with Gasteiger partial charge in [0.25, 0.3) is 5.91 Å². The first kappa shape index (κ1) is 16.4. The molecule has 1 aliphatic heterocycles. The van der Waals surface area contributed by atoms with Crippen molar-refractivity contribution in [2.24, 2.45) is 0 Å². The highest BCUT2D eigenvalue weighted by atomic mass is 35.5.